The fraction of sp³-hybridized carbons (Fsp3) is 0.250. The van der Waals surface area contributed by atoms with Crippen LogP contribution in [-0.2, 0) is 4.79 Å². The summed E-state index contributed by atoms with van der Waals surface area (Å²) in [5, 5.41) is 9.05. The normalized spacial score (nSPS) is 16.4. The number of benzene rings is 1. The van der Waals surface area contributed by atoms with E-state index in [-0.39, 0.29) is 12.0 Å². The van der Waals surface area contributed by atoms with Gasteiger partial charge in [0, 0.05) is 24.9 Å². The van der Waals surface area contributed by atoms with Crippen molar-refractivity contribution in [2.24, 2.45) is 0 Å². The van der Waals surface area contributed by atoms with Crippen molar-refractivity contribution in [3.63, 3.8) is 0 Å². The van der Waals surface area contributed by atoms with Crippen LogP contribution in [-0.4, -0.2) is 35.1 Å². The second-order valence-electron chi connectivity index (χ2n) is 3.90. The number of aliphatic hydroxyl groups excluding tert-OH is 1. The minimum absolute atomic E-state index is 0.0762. The Balaban J connectivity index is 1.96. The predicted octanol–water partition coefficient (Wildman–Crippen LogP) is 0.485. The number of nitrogen functional groups attached to an aromatic ring is 1. The molecule has 1 saturated heterocycles. The van der Waals surface area contributed by atoms with Gasteiger partial charge in [0.15, 0.2) is 0 Å². The van der Waals surface area contributed by atoms with Crippen molar-refractivity contribution >= 4 is 17.7 Å². The van der Waals surface area contributed by atoms with E-state index in [4.69, 9.17) is 10.8 Å². The molecule has 4 nitrogen and oxygen atoms in total. The van der Waals surface area contributed by atoms with Crippen molar-refractivity contribution < 1.29 is 9.90 Å². The van der Waals surface area contributed by atoms with Gasteiger partial charge in [-0.05, 0) is 23.8 Å². The van der Waals surface area contributed by atoms with Crippen LogP contribution in [0.1, 0.15) is 5.56 Å². The fourth-order valence-electron chi connectivity index (χ4n) is 1.57. The number of carbonyl (C=O) groups is 1. The molecule has 4 heteroatoms. The van der Waals surface area contributed by atoms with Gasteiger partial charge in [0.2, 0.25) is 5.91 Å². The first-order valence-electron chi connectivity index (χ1n) is 5.16. The van der Waals surface area contributed by atoms with Gasteiger partial charge in [0.1, 0.15) is 0 Å². The van der Waals surface area contributed by atoms with E-state index in [1.807, 2.05) is 12.1 Å². The van der Waals surface area contributed by atoms with Crippen LogP contribution in [0.25, 0.3) is 6.08 Å². The Morgan fingerprint density at radius 1 is 1.50 bits per heavy atom. The van der Waals surface area contributed by atoms with Crippen LogP contribution < -0.4 is 5.73 Å². The molecule has 0 spiro atoms. The number of nitrogens with two attached hydrogens (primary N) is 1. The molecule has 16 heavy (non-hydrogen) atoms. The van der Waals surface area contributed by atoms with Crippen molar-refractivity contribution in [1.82, 2.24) is 4.90 Å². The second-order valence-corrected chi connectivity index (χ2v) is 3.90. The fourth-order valence-corrected chi connectivity index (χ4v) is 1.57. The monoisotopic (exact) mass is 218 g/mol. The van der Waals surface area contributed by atoms with Crippen molar-refractivity contribution in [2.45, 2.75) is 6.10 Å². The summed E-state index contributed by atoms with van der Waals surface area (Å²) in [4.78, 5) is 13.1. The Labute approximate surface area is 94.0 Å². The lowest BCUT2D eigenvalue weighted by atomic mass is 10.1. The van der Waals surface area contributed by atoms with Gasteiger partial charge in [-0.15, -0.1) is 0 Å². The van der Waals surface area contributed by atoms with E-state index in [0.29, 0.717) is 18.8 Å². The van der Waals surface area contributed by atoms with E-state index in [1.54, 1.807) is 23.1 Å². The van der Waals surface area contributed by atoms with Crippen LogP contribution in [0.4, 0.5) is 5.69 Å². The molecule has 1 aliphatic heterocycles. The van der Waals surface area contributed by atoms with Gasteiger partial charge < -0.3 is 15.7 Å². The average molecular weight is 218 g/mol. The Morgan fingerprint density at radius 3 is 2.88 bits per heavy atom. The second kappa shape index (κ2) is 4.37. The van der Waals surface area contributed by atoms with Crippen molar-refractivity contribution in [1.29, 1.82) is 0 Å². The zero-order valence-corrected chi connectivity index (χ0v) is 8.84. The van der Waals surface area contributed by atoms with Gasteiger partial charge in [-0.3, -0.25) is 4.79 Å². The molecule has 1 heterocycles. The van der Waals surface area contributed by atoms with E-state index in [9.17, 15) is 4.79 Å². The van der Waals surface area contributed by atoms with Gasteiger partial charge in [0.25, 0.3) is 0 Å². The summed E-state index contributed by atoms with van der Waals surface area (Å²) in [5.74, 6) is -0.0762. The first kappa shape index (κ1) is 10.7. The van der Waals surface area contributed by atoms with Crippen molar-refractivity contribution in [2.75, 3.05) is 18.8 Å². The molecule has 0 aliphatic carbocycles. The van der Waals surface area contributed by atoms with E-state index in [2.05, 4.69) is 0 Å². The minimum Gasteiger partial charge on any atom is -0.399 e. The van der Waals surface area contributed by atoms with E-state index >= 15 is 0 Å². The Bertz CT molecular complexity index is 423. The minimum atomic E-state index is -0.357. The number of hydrogen-bond donors (Lipinski definition) is 2. The molecule has 0 aromatic heterocycles. The molecule has 0 unspecified atom stereocenters. The quantitative estimate of drug-likeness (QED) is 0.560. The first-order chi connectivity index (χ1) is 7.65. The van der Waals surface area contributed by atoms with Crippen molar-refractivity contribution in [3.05, 3.63) is 35.9 Å². The molecule has 3 N–H and O–H groups in total. The zero-order chi connectivity index (χ0) is 11.5. The van der Waals surface area contributed by atoms with Crippen LogP contribution in [0.3, 0.4) is 0 Å². The number of rotatable bonds is 2. The molecule has 0 radical (unpaired) electrons. The Kier molecular flexibility index (Phi) is 2.92. The third kappa shape index (κ3) is 2.41. The molecule has 1 aromatic rings. The number of carbonyl (C=O) groups excluding carboxylic acids is 1. The average Bonchev–Trinajstić information content (AvgIpc) is 2.22. The van der Waals surface area contributed by atoms with E-state index < -0.39 is 0 Å². The molecular formula is C12H14N2O2. The standard InChI is InChI=1S/C12H14N2O2/c13-10-3-1-2-9(6-10)4-5-12(16)14-7-11(15)8-14/h1-6,11,15H,7-8,13H2/b5-4+. The number of anilines is 1. The van der Waals surface area contributed by atoms with Gasteiger partial charge >= 0.3 is 0 Å². The summed E-state index contributed by atoms with van der Waals surface area (Å²) in [6.07, 6.45) is 2.87. The highest BCUT2D eigenvalue weighted by molar-refractivity contribution is 5.92. The largest absolute Gasteiger partial charge is 0.399 e. The SMILES string of the molecule is Nc1cccc(/C=C/C(=O)N2CC(O)C2)c1. The third-order valence-corrected chi connectivity index (χ3v) is 2.50. The lowest BCUT2D eigenvalue weighted by Crippen LogP contribution is -2.52. The first-order valence-corrected chi connectivity index (χ1v) is 5.16. The number of amides is 1. The lowest BCUT2D eigenvalue weighted by molar-refractivity contribution is -0.135. The summed E-state index contributed by atoms with van der Waals surface area (Å²) < 4.78 is 0. The number of hydrogen-bond acceptors (Lipinski definition) is 3. The smallest absolute Gasteiger partial charge is 0.246 e. The lowest BCUT2D eigenvalue weighted by Gasteiger charge is -2.34. The highest BCUT2D eigenvalue weighted by atomic mass is 16.3. The Hall–Kier alpha value is -1.81. The molecule has 1 amide bonds. The molecule has 0 saturated carbocycles. The summed E-state index contributed by atoms with van der Waals surface area (Å²) >= 11 is 0. The van der Waals surface area contributed by atoms with Gasteiger partial charge in [-0.25, -0.2) is 0 Å². The summed E-state index contributed by atoms with van der Waals surface area (Å²) in [6.45, 7) is 0.861. The topological polar surface area (TPSA) is 66.6 Å². The molecule has 1 aromatic carbocycles. The van der Waals surface area contributed by atoms with Crippen LogP contribution >= 0.6 is 0 Å². The molecular weight excluding hydrogens is 204 g/mol. The summed E-state index contributed by atoms with van der Waals surface area (Å²) in [7, 11) is 0. The van der Waals surface area contributed by atoms with Gasteiger partial charge in [-0.2, -0.15) is 0 Å². The maximum atomic E-state index is 11.5. The Morgan fingerprint density at radius 2 is 2.25 bits per heavy atom. The molecule has 1 fully saturated rings. The highest BCUT2D eigenvalue weighted by Gasteiger charge is 2.26. The number of likely N-dealkylation sites (tertiary alicyclic amines) is 1. The molecule has 1 aliphatic rings. The summed E-state index contributed by atoms with van der Waals surface area (Å²) in [6, 6.07) is 7.32. The number of nitrogens with zero attached hydrogens (tertiary/aromatic N) is 1. The van der Waals surface area contributed by atoms with Crippen LogP contribution in [0.15, 0.2) is 30.3 Å². The predicted molar refractivity (Wildman–Crippen MR) is 62.5 cm³/mol. The third-order valence-electron chi connectivity index (χ3n) is 2.50. The van der Waals surface area contributed by atoms with Gasteiger partial charge in [0.05, 0.1) is 6.10 Å². The number of β-amino-alcohol motifs (C(OH)–C–C–N with tert-alkyl or cyclic N) is 1. The molecule has 2 rings (SSSR count). The van der Waals surface area contributed by atoms with E-state index in [1.165, 1.54) is 6.08 Å². The van der Waals surface area contributed by atoms with Crippen LogP contribution in [0, 0.1) is 0 Å². The highest BCUT2D eigenvalue weighted by Crippen LogP contribution is 2.11. The van der Waals surface area contributed by atoms with Crippen molar-refractivity contribution in [3.8, 4) is 0 Å². The maximum Gasteiger partial charge on any atom is 0.246 e. The maximum absolute atomic E-state index is 11.5. The summed E-state index contributed by atoms with van der Waals surface area (Å²) in [5.41, 5.74) is 7.19. The van der Waals surface area contributed by atoms with E-state index in [0.717, 1.165) is 5.56 Å². The molecule has 84 valence electrons. The number of aliphatic hydroxyl groups is 1. The van der Waals surface area contributed by atoms with Crippen LogP contribution in [0.5, 0.6) is 0 Å². The zero-order valence-electron chi connectivity index (χ0n) is 8.84. The molecule has 0 bridgehead atoms. The van der Waals surface area contributed by atoms with Gasteiger partial charge in [-0.1, -0.05) is 12.1 Å². The van der Waals surface area contributed by atoms with Crippen LogP contribution in [0.2, 0.25) is 0 Å². The molecule has 0 atom stereocenters.